The average molecular weight is 417 g/mol. The minimum Gasteiger partial charge on any atom is -0.484 e. The first kappa shape index (κ1) is 21.0. The average Bonchev–Trinajstić information content (AvgIpc) is 2.72. The maximum absolute atomic E-state index is 13.6. The summed E-state index contributed by atoms with van der Waals surface area (Å²) in [6, 6.07) is 6.42. The molecular formula is C19H20FN5O5. The van der Waals surface area contributed by atoms with E-state index in [0.717, 1.165) is 31.5 Å². The monoisotopic (exact) mass is 417 g/mol. The number of hydrogen-bond acceptors (Lipinski definition) is 7. The first-order valence-electron chi connectivity index (χ1n) is 9.20. The van der Waals surface area contributed by atoms with Crippen LogP contribution in [-0.4, -0.2) is 41.4 Å². The van der Waals surface area contributed by atoms with Crippen molar-refractivity contribution in [2.24, 2.45) is 11.7 Å². The molecule has 1 aromatic heterocycles. The van der Waals surface area contributed by atoms with Gasteiger partial charge in [0.1, 0.15) is 11.6 Å². The second-order valence-electron chi connectivity index (χ2n) is 6.80. The number of carbonyl (C=O) groups excluding carboxylic acids is 2. The van der Waals surface area contributed by atoms with Gasteiger partial charge >= 0.3 is 5.69 Å². The van der Waals surface area contributed by atoms with E-state index in [2.05, 4.69) is 10.3 Å². The minimum atomic E-state index is -1.05. The van der Waals surface area contributed by atoms with E-state index in [4.69, 9.17) is 10.5 Å². The Labute approximate surface area is 171 Å². The largest absolute Gasteiger partial charge is 0.484 e. The summed E-state index contributed by atoms with van der Waals surface area (Å²) in [6.45, 7) is 0.862. The third-order valence-corrected chi connectivity index (χ3v) is 4.67. The molecule has 30 heavy (non-hydrogen) atoms. The number of aromatic nitrogens is 1. The normalized spacial score (nSPS) is 16.0. The highest BCUT2D eigenvalue weighted by Gasteiger charge is 2.24. The minimum absolute atomic E-state index is 0.00386. The maximum Gasteiger partial charge on any atom is 0.305 e. The van der Waals surface area contributed by atoms with Crippen LogP contribution in [0, 0.1) is 21.8 Å². The molecule has 10 nitrogen and oxygen atoms in total. The molecule has 1 unspecified atom stereocenters. The summed E-state index contributed by atoms with van der Waals surface area (Å²) in [5.74, 6) is -1.41. The van der Waals surface area contributed by atoms with Gasteiger partial charge in [0.05, 0.1) is 22.7 Å². The number of ether oxygens (including phenoxy) is 1. The standard InChI is InChI=1S/C19H20FN5O5/c20-15-8-14(4-5-16(15)25(28)29)30-11-18(26)23-13-3-6-17(22-9-13)24-7-1-2-12(10-24)19(21)27/h3-6,8-9,12H,1-2,7,10-11H2,(H2,21,27)(H,23,26). The van der Waals surface area contributed by atoms with Crippen molar-refractivity contribution in [2.75, 3.05) is 29.9 Å². The van der Waals surface area contributed by atoms with Gasteiger partial charge in [-0.05, 0) is 31.0 Å². The van der Waals surface area contributed by atoms with Crippen LogP contribution in [0.4, 0.5) is 21.6 Å². The van der Waals surface area contributed by atoms with Gasteiger partial charge in [-0.2, -0.15) is 4.39 Å². The van der Waals surface area contributed by atoms with Gasteiger partial charge in [-0.3, -0.25) is 19.7 Å². The number of benzene rings is 1. The molecule has 1 saturated heterocycles. The summed E-state index contributed by atoms with van der Waals surface area (Å²) >= 11 is 0. The molecule has 1 fully saturated rings. The number of anilines is 2. The van der Waals surface area contributed by atoms with Crippen LogP contribution in [0.15, 0.2) is 36.5 Å². The Morgan fingerprint density at radius 3 is 2.80 bits per heavy atom. The molecule has 1 atom stereocenters. The van der Waals surface area contributed by atoms with E-state index >= 15 is 0 Å². The fourth-order valence-corrected chi connectivity index (χ4v) is 3.14. The molecule has 3 N–H and O–H groups in total. The van der Waals surface area contributed by atoms with Crippen LogP contribution in [0.1, 0.15) is 12.8 Å². The zero-order valence-electron chi connectivity index (χ0n) is 15.9. The number of hydrogen-bond donors (Lipinski definition) is 2. The maximum atomic E-state index is 13.6. The number of amides is 2. The smallest absolute Gasteiger partial charge is 0.305 e. The molecule has 1 aliphatic rings. The van der Waals surface area contributed by atoms with Gasteiger partial charge in [0, 0.05) is 25.2 Å². The van der Waals surface area contributed by atoms with Crippen molar-refractivity contribution in [1.82, 2.24) is 4.98 Å². The molecular weight excluding hydrogens is 397 g/mol. The van der Waals surface area contributed by atoms with Gasteiger partial charge in [0.25, 0.3) is 5.91 Å². The van der Waals surface area contributed by atoms with E-state index in [1.165, 1.54) is 12.3 Å². The Balaban J connectivity index is 1.53. The SMILES string of the molecule is NC(=O)C1CCCN(c2ccc(NC(=O)COc3ccc([N+](=O)[O-])c(F)c3)cn2)C1. The Hall–Kier alpha value is -3.76. The van der Waals surface area contributed by atoms with Crippen molar-refractivity contribution in [3.63, 3.8) is 0 Å². The first-order valence-corrected chi connectivity index (χ1v) is 9.20. The summed E-state index contributed by atoms with van der Waals surface area (Å²) in [4.78, 5) is 39.5. The predicted octanol–water partition coefficient (Wildman–Crippen LogP) is 1.85. The number of primary amides is 1. The highest BCUT2D eigenvalue weighted by Crippen LogP contribution is 2.23. The van der Waals surface area contributed by atoms with Crippen LogP contribution in [0.5, 0.6) is 5.75 Å². The fourth-order valence-electron chi connectivity index (χ4n) is 3.14. The van der Waals surface area contributed by atoms with Gasteiger partial charge in [0.2, 0.25) is 11.7 Å². The lowest BCUT2D eigenvalue weighted by Gasteiger charge is -2.32. The number of nitrogens with zero attached hydrogens (tertiary/aromatic N) is 3. The molecule has 0 radical (unpaired) electrons. The summed E-state index contributed by atoms with van der Waals surface area (Å²) in [7, 11) is 0. The Bertz CT molecular complexity index is 953. The van der Waals surface area contributed by atoms with Crippen molar-refractivity contribution < 1.29 is 23.6 Å². The number of nitrogens with one attached hydrogen (secondary N) is 1. The van der Waals surface area contributed by atoms with Crippen molar-refractivity contribution in [1.29, 1.82) is 0 Å². The molecule has 2 aromatic rings. The quantitative estimate of drug-likeness (QED) is 0.517. The van der Waals surface area contributed by atoms with Crippen LogP contribution in [0.3, 0.4) is 0 Å². The third-order valence-electron chi connectivity index (χ3n) is 4.67. The fraction of sp³-hybridized carbons (Fsp3) is 0.316. The van der Waals surface area contributed by atoms with Gasteiger partial charge in [-0.25, -0.2) is 4.98 Å². The van der Waals surface area contributed by atoms with Crippen LogP contribution in [-0.2, 0) is 9.59 Å². The van der Waals surface area contributed by atoms with Crippen molar-refractivity contribution in [3.05, 3.63) is 52.5 Å². The second kappa shape index (κ2) is 9.16. The lowest BCUT2D eigenvalue weighted by atomic mass is 9.97. The molecule has 11 heteroatoms. The second-order valence-corrected chi connectivity index (χ2v) is 6.80. The number of piperidine rings is 1. The number of nitrogens with two attached hydrogens (primary N) is 1. The van der Waals surface area contributed by atoms with E-state index in [9.17, 15) is 24.1 Å². The van der Waals surface area contributed by atoms with E-state index in [0.29, 0.717) is 18.1 Å². The molecule has 2 heterocycles. The lowest BCUT2D eigenvalue weighted by Crippen LogP contribution is -2.41. The van der Waals surface area contributed by atoms with Gasteiger partial charge in [0.15, 0.2) is 6.61 Å². The Kier molecular flexibility index (Phi) is 6.40. The summed E-state index contributed by atoms with van der Waals surface area (Å²) in [6.07, 6.45) is 3.08. The Morgan fingerprint density at radius 2 is 2.17 bits per heavy atom. The number of carbonyl (C=O) groups is 2. The van der Waals surface area contributed by atoms with Crippen LogP contribution in [0.25, 0.3) is 0 Å². The number of pyridine rings is 1. The molecule has 2 amide bonds. The van der Waals surface area contributed by atoms with Crippen molar-refractivity contribution in [2.45, 2.75) is 12.8 Å². The predicted molar refractivity (Wildman–Crippen MR) is 106 cm³/mol. The molecule has 0 spiro atoms. The summed E-state index contributed by atoms with van der Waals surface area (Å²) in [5, 5.41) is 13.2. The van der Waals surface area contributed by atoms with Crippen LogP contribution < -0.4 is 20.7 Å². The molecule has 1 aliphatic heterocycles. The molecule has 3 rings (SSSR count). The van der Waals surface area contributed by atoms with E-state index in [1.54, 1.807) is 12.1 Å². The molecule has 0 bridgehead atoms. The van der Waals surface area contributed by atoms with Crippen LogP contribution in [0.2, 0.25) is 0 Å². The van der Waals surface area contributed by atoms with Crippen molar-refractivity contribution in [3.8, 4) is 5.75 Å². The van der Waals surface area contributed by atoms with E-state index < -0.39 is 28.9 Å². The number of nitro groups is 1. The van der Waals surface area contributed by atoms with Crippen LogP contribution >= 0.6 is 0 Å². The zero-order valence-corrected chi connectivity index (χ0v) is 15.9. The summed E-state index contributed by atoms with van der Waals surface area (Å²) in [5.41, 5.74) is 5.15. The number of nitro benzene ring substituents is 1. The van der Waals surface area contributed by atoms with Crippen molar-refractivity contribution >= 4 is 29.0 Å². The number of rotatable bonds is 7. The highest BCUT2D eigenvalue weighted by molar-refractivity contribution is 5.91. The van der Waals surface area contributed by atoms with E-state index in [-0.39, 0.29) is 17.6 Å². The summed E-state index contributed by atoms with van der Waals surface area (Å²) < 4.78 is 18.7. The molecule has 0 saturated carbocycles. The number of halogens is 1. The van der Waals surface area contributed by atoms with E-state index in [1.807, 2.05) is 4.90 Å². The lowest BCUT2D eigenvalue weighted by molar-refractivity contribution is -0.387. The molecule has 0 aliphatic carbocycles. The zero-order chi connectivity index (χ0) is 21.7. The van der Waals surface area contributed by atoms with Gasteiger partial charge in [-0.1, -0.05) is 0 Å². The first-order chi connectivity index (χ1) is 14.3. The molecule has 158 valence electrons. The Morgan fingerprint density at radius 1 is 1.37 bits per heavy atom. The van der Waals surface area contributed by atoms with Gasteiger partial charge < -0.3 is 20.7 Å². The third kappa shape index (κ3) is 5.19. The molecule has 1 aromatic carbocycles. The topological polar surface area (TPSA) is 141 Å². The highest BCUT2D eigenvalue weighted by atomic mass is 19.1. The van der Waals surface area contributed by atoms with Gasteiger partial charge in [-0.15, -0.1) is 0 Å².